The van der Waals surface area contributed by atoms with Gasteiger partial charge in [0.1, 0.15) is 11.6 Å². The number of aromatic nitrogens is 3. The van der Waals surface area contributed by atoms with Crippen molar-refractivity contribution in [3.63, 3.8) is 0 Å². The molecule has 0 bridgehead atoms. The Labute approximate surface area is 115 Å². The lowest BCUT2D eigenvalue weighted by Crippen LogP contribution is -2.45. The summed E-state index contributed by atoms with van der Waals surface area (Å²) in [6.07, 6.45) is 9.52. The van der Waals surface area contributed by atoms with Crippen LogP contribution >= 0.6 is 11.3 Å². The molecule has 0 aliphatic heterocycles. The number of amides is 1. The number of carbonyl (C=O) groups excluding carboxylic acids is 1. The van der Waals surface area contributed by atoms with E-state index in [9.17, 15) is 4.79 Å². The molecule has 1 saturated carbocycles. The average Bonchev–Trinajstić information content (AvgIpc) is 3.11. The highest BCUT2D eigenvalue weighted by atomic mass is 32.1. The van der Waals surface area contributed by atoms with Crippen molar-refractivity contribution >= 4 is 17.2 Å². The van der Waals surface area contributed by atoms with E-state index < -0.39 is 0 Å². The van der Waals surface area contributed by atoms with Gasteiger partial charge < -0.3 is 5.32 Å². The molecule has 0 unspecified atom stereocenters. The lowest BCUT2D eigenvalue weighted by molar-refractivity contribution is -0.123. The Hall–Kier alpha value is -1.69. The Bertz CT molecular complexity index is 529. The van der Waals surface area contributed by atoms with Gasteiger partial charge in [-0.15, -0.1) is 11.3 Å². The number of rotatable bonds is 4. The molecular formula is C13H16N4OS. The topological polar surface area (TPSA) is 59.8 Å². The third-order valence-corrected chi connectivity index (χ3v) is 4.52. The van der Waals surface area contributed by atoms with Crippen LogP contribution in [-0.4, -0.2) is 20.7 Å². The van der Waals surface area contributed by atoms with Gasteiger partial charge in [0, 0.05) is 24.0 Å². The number of hydrogen-bond donors (Lipinski definition) is 1. The van der Waals surface area contributed by atoms with Crippen LogP contribution in [0, 0.1) is 0 Å². The zero-order valence-electron chi connectivity index (χ0n) is 10.6. The number of nitrogens with one attached hydrogen (secondary N) is 1. The minimum absolute atomic E-state index is 0.000741. The van der Waals surface area contributed by atoms with Crippen LogP contribution in [0.2, 0.25) is 0 Å². The Balaban J connectivity index is 1.73. The van der Waals surface area contributed by atoms with E-state index in [0.717, 1.165) is 30.7 Å². The van der Waals surface area contributed by atoms with E-state index in [4.69, 9.17) is 0 Å². The Morgan fingerprint density at radius 2 is 2.26 bits per heavy atom. The molecule has 0 atom stereocenters. The second-order valence-corrected chi connectivity index (χ2v) is 5.77. The molecular weight excluding hydrogens is 260 g/mol. The third kappa shape index (κ3) is 2.53. The summed E-state index contributed by atoms with van der Waals surface area (Å²) >= 11 is 1.62. The van der Waals surface area contributed by atoms with Crippen LogP contribution in [0.25, 0.3) is 0 Å². The first-order valence-electron chi connectivity index (χ1n) is 6.47. The SMILES string of the molecule is O=C(Cn1cccn1)NC1(c2nccs2)CCCC1. The fourth-order valence-electron chi connectivity index (χ4n) is 2.68. The lowest BCUT2D eigenvalue weighted by Gasteiger charge is -2.28. The van der Waals surface area contributed by atoms with Crippen molar-refractivity contribution in [3.8, 4) is 0 Å². The molecule has 3 rings (SSSR count). The van der Waals surface area contributed by atoms with E-state index >= 15 is 0 Å². The fraction of sp³-hybridized carbons (Fsp3) is 0.462. The van der Waals surface area contributed by atoms with Crippen LogP contribution in [0.1, 0.15) is 30.7 Å². The molecule has 2 aromatic heterocycles. The van der Waals surface area contributed by atoms with Crippen molar-refractivity contribution in [1.29, 1.82) is 0 Å². The maximum atomic E-state index is 12.2. The second kappa shape index (κ2) is 5.13. The van der Waals surface area contributed by atoms with Gasteiger partial charge in [-0.1, -0.05) is 12.8 Å². The summed E-state index contributed by atoms with van der Waals surface area (Å²) in [7, 11) is 0. The van der Waals surface area contributed by atoms with Crippen LogP contribution in [0.5, 0.6) is 0 Å². The summed E-state index contributed by atoms with van der Waals surface area (Å²) in [6, 6.07) is 1.82. The minimum Gasteiger partial charge on any atom is -0.343 e. The van der Waals surface area contributed by atoms with Gasteiger partial charge in [-0.3, -0.25) is 9.48 Å². The van der Waals surface area contributed by atoms with Crippen LogP contribution in [0.15, 0.2) is 30.0 Å². The third-order valence-electron chi connectivity index (χ3n) is 3.54. The molecule has 1 aliphatic carbocycles. The molecule has 2 aromatic rings. The molecule has 0 spiro atoms. The quantitative estimate of drug-likeness (QED) is 0.928. The molecule has 1 N–H and O–H groups in total. The summed E-state index contributed by atoms with van der Waals surface area (Å²) in [5, 5.41) is 10.2. The standard InChI is InChI=1S/C13H16N4OS/c18-11(10-17-8-3-6-15-17)16-13(4-1-2-5-13)12-14-7-9-19-12/h3,6-9H,1-2,4-5,10H2,(H,16,18). The molecule has 1 aliphatic rings. The molecule has 1 fully saturated rings. The van der Waals surface area contributed by atoms with E-state index in [1.165, 1.54) is 0 Å². The molecule has 5 nitrogen and oxygen atoms in total. The number of carbonyl (C=O) groups is 1. The van der Waals surface area contributed by atoms with Crippen LogP contribution in [-0.2, 0) is 16.9 Å². The highest BCUT2D eigenvalue weighted by molar-refractivity contribution is 7.09. The Morgan fingerprint density at radius 1 is 1.42 bits per heavy atom. The predicted octanol–water partition coefficient (Wildman–Crippen LogP) is 1.93. The minimum atomic E-state index is -0.252. The van der Waals surface area contributed by atoms with E-state index in [-0.39, 0.29) is 18.0 Å². The van der Waals surface area contributed by atoms with Crippen LogP contribution < -0.4 is 5.32 Å². The van der Waals surface area contributed by atoms with Crippen LogP contribution in [0.4, 0.5) is 0 Å². The number of thiazole rings is 1. The first-order valence-corrected chi connectivity index (χ1v) is 7.35. The van der Waals surface area contributed by atoms with Crippen molar-refractivity contribution < 1.29 is 4.79 Å². The molecule has 0 saturated heterocycles. The molecule has 2 heterocycles. The van der Waals surface area contributed by atoms with E-state index in [2.05, 4.69) is 15.4 Å². The van der Waals surface area contributed by atoms with E-state index in [0.29, 0.717) is 0 Å². The summed E-state index contributed by atoms with van der Waals surface area (Å²) in [6.45, 7) is 0.264. The summed E-state index contributed by atoms with van der Waals surface area (Å²) in [5.41, 5.74) is -0.252. The summed E-state index contributed by atoms with van der Waals surface area (Å²) < 4.78 is 1.64. The molecule has 100 valence electrons. The van der Waals surface area contributed by atoms with E-state index in [1.807, 2.05) is 11.4 Å². The molecule has 0 radical (unpaired) electrons. The fourth-order valence-corrected chi connectivity index (χ4v) is 3.53. The Morgan fingerprint density at radius 3 is 2.89 bits per heavy atom. The zero-order valence-corrected chi connectivity index (χ0v) is 11.4. The molecule has 0 aromatic carbocycles. The van der Waals surface area contributed by atoms with Gasteiger partial charge in [-0.2, -0.15) is 5.10 Å². The lowest BCUT2D eigenvalue weighted by atomic mass is 9.98. The van der Waals surface area contributed by atoms with Crippen molar-refractivity contribution in [2.75, 3.05) is 0 Å². The smallest absolute Gasteiger partial charge is 0.242 e. The normalized spacial score (nSPS) is 17.5. The van der Waals surface area contributed by atoms with Gasteiger partial charge in [-0.05, 0) is 18.9 Å². The summed E-state index contributed by atoms with van der Waals surface area (Å²) in [5.74, 6) is 0.000741. The van der Waals surface area contributed by atoms with Crippen molar-refractivity contribution in [2.45, 2.75) is 37.8 Å². The van der Waals surface area contributed by atoms with Crippen molar-refractivity contribution in [2.24, 2.45) is 0 Å². The molecule has 6 heteroatoms. The van der Waals surface area contributed by atoms with Crippen molar-refractivity contribution in [1.82, 2.24) is 20.1 Å². The highest BCUT2D eigenvalue weighted by Crippen LogP contribution is 2.39. The maximum Gasteiger partial charge on any atom is 0.242 e. The highest BCUT2D eigenvalue weighted by Gasteiger charge is 2.39. The van der Waals surface area contributed by atoms with Gasteiger partial charge in [0.25, 0.3) is 0 Å². The van der Waals surface area contributed by atoms with Gasteiger partial charge in [-0.25, -0.2) is 4.98 Å². The monoisotopic (exact) mass is 276 g/mol. The molecule has 19 heavy (non-hydrogen) atoms. The maximum absolute atomic E-state index is 12.2. The Kier molecular flexibility index (Phi) is 3.33. The number of nitrogens with zero attached hydrogens (tertiary/aromatic N) is 3. The van der Waals surface area contributed by atoms with Gasteiger partial charge in [0.15, 0.2) is 0 Å². The summed E-state index contributed by atoms with van der Waals surface area (Å²) in [4.78, 5) is 16.6. The van der Waals surface area contributed by atoms with E-state index in [1.54, 1.807) is 34.6 Å². The van der Waals surface area contributed by atoms with Gasteiger partial charge in [0.05, 0.1) is 5.54 Å². The predicted molar refractivity (Wildman–Crippen MR) is 72.6 cm³/mol. The number of hydrogen-bond acceptors (Lipinski definition) is 4. The zero-order chi connectivity index (χ0) is 13.1. The van der Waals surface area contributed by atoms with Gasteiger partial charge in [0.2, 0.25) is 5.91 Å². The van der Waals surface area contributed by atoms with Crippen molar-refractivity contribution in [3.05, 3.63) is 35.0 Å². The van der Waals surface area contributed by atoms with Gasteiger partial charge >= 0.3 is 0 Å². The largest absolute Gasteiger partial charge is 0.343 e. The second-order valence-electron chi connectivity index (χ2n) is 4.88. The first kappa shape index (κ1) is 12.3. The average molecular weight is 276 g/mol. The first-order chi connectivity index (χ1) is 9.28. The van der Waals surface area contributed by atoms with Crippen LogP contribution in [0.3, 0.4) is 0 Å². The molecule has 1 amide bonds.